The third-order valence-corrected chi connectivity index (χ3v) is 5.55. The van der Waals surface area contributed by atoms with E-state index in [-0.39, 0.29) is 6.04 Å². The molecule has 0 aliphatic heterocycles. The van der Waals surface area contributed by atoms with E-state index < -0.39 is 0 Å². The van der Waals surface area contributed by atoms with E-state index in [1.165, 1.54) is 11.1 Å². The zero-order valence-corrected chi connectivity index (χ0v) is 16.5. The third-order valence-electron chi connectivity index (χ3n) is 4.71. The molecule has 0 spiro atoms. The number of nitrogens with two attached hydrogens (primary N) is 1. The molecule has 0 bridgehead atoms. The Kier molecular flexibility index (Phi) is 5.53. The smallest absolute Gasteiger partial charge is 0.191 e. The van der Waals surface area contributed by atoms with Gasteiger partial charge in [-0.05, 0) is 36.1 Å². The average molecular weight is 391 g/mol. The molecule has 1 aromatic carbocycles. The highest BCUT2D eigenvalue weighted by Crippen LogP contribution is 2.28. The van der Waals surface area contributed by atoms with Crippen LogP contribution >= 0.6 is 11.8 Å². The molecule has 2 N–H and O–H groups in total. The van der Waals surface area contributed by atoms with Gasteiger partial charge in [-0.3, -0.25) is 4.98 Å². The number of hydrogen-bond acceptors (Lipinski definition) is 6. The number of hydrogen-bond donors (Lipinski definition) is 1. The van der Waals surface area contributed by atoms with Crippen molar-refractivity contribution in [1.29, 1.82) is 0 Å². The molecule has 1 atom stereocenters. The first-order chi connectivity index (χ1) is 13.8. The van der Waals surface area contributed by atoms with E-state index in [1.54, 1.807) is 11.8 Å². The number of nitrogens with zero attached hydrogens (tertiary/aromatic N) is 5. The lowest BCUT2D eigenvalue weighted by Gasteiger charge is -2.17. The second-order valence-corrected chi connectivity index (χ2v) is 7.57. The number of aryl methyl sites for hydroxylation is 1. The van der Waals surface area contributed by atoms with Crippen LogP contribution in [-0.2, 0) is 6.42 Å². The van der Waals surface area contributed by atoms with E-state index in [4.69, 9.17) is 10.7 Å². The highest BCUT2D eigenvalue weighted by molar-refractivity contribution is 7.99. The summed E-state index contributed by atoms with van der Waals surface area (Å²) >= 11 is 1.62. The van der Waals surface area contributed by atoms with Gasteiger partial charge in [0, 0.05) is 18.1 Å². The molecule has 3 heterocycles. The minimum atomic E-state index is 0.129. The van der Waals surface area contributed by atoms with Crippen LogP contribution in [0.5, 0.6) is 0 Å². The van der Waals surface area contributed by atoms with Crippen LogP contribution in [0.3, 0.4) is 0 Å². The van der Waals surface area contributed by atoms with Crippen molar-refractivity contribution in [3.05, 3.63) is 72.3 Å². The Balaban J connectivity index is 1.61. The molecular formula is C21H22N6S. The third kappa shape index (κ3) is 3.84. The van der Waals surface area contributed by atoms with Gasteiger partial charge in [-0.25, -0.2) is 15.0 Å². The lowest BCUT2D eigenvalue weighted by Crippen LogP contribution is -2.10. The molecule has 0 amide bonds. The number of pyridine rings is 1. The summed E-state index contributed by atoms with van der Waals surface area (Å²) in [5.74, 6) is 1.32. The molecule has 3 aromatic heterocycles. The molecule has 0 aliphatic rings. The number of imidazole rings is 1. The second-order valence-electron chi connectivity index (χ2n) is 6.50. The first kappa shape index (κ1) is 18.4. The standard InChI is InChI=1S/C21H22N6S/c1-2-17(16-8-11-23-12-9-16)27-14-24-18-19(22)25-21(26-20(18)27)28-13-10-15-6-4-3-5-7-15/h3-9,11-12,14,17H,2,10,13H2,1H3,(H2,22,25,26). The number of fused-ring (bicyclic) bond motifs is 1. The lowest BCUT2D eigenvalue weighted by molar-refractivity contribution is 0.575. The molecule has 0 aliphatic carbocycles. The van der Waals surface area contributed by atoms with E-state index in [1.807, 2.05) is 36.9 Å². The maximum Gasteiger partial charge on any atom is 0.191 e. The Morgan fingerprint density at radius 3 is 2.61 bits per heavy atom. The maximum atomic E-state index is 6.18. The van der Waals surface area contributed by atoms with Crippen LogP contribution in [0.4, 0.5) is 5.82 Å². The van der Waals surface area contributed by atoms with Gasteiger partial charge in [0.25, 0.3) is 0 Å². The first-order valence-electron chi connectivity index (χ1n) is 9.33. The summed E-state index contributed by atoms with van der Waals surface area (Å²) in [6.45, 7) is 2.15. The molecule has 142 valence electrons. The van der Waals surface area contributed by atoms with Gasteiger partial charge in [-0.1, -0.05) is 49.0 Å². The van der Waals surface area contributed by atoms with Gasteiger partial charge in [0.1, 0.15) is 5.52 Å². The molecule has 7 heteroatoms. The number of anilines is 1. The molecule has 1 unspecified atom stereocenters. The van der Waals surface area contributed by atoms with Gasteiger partial charge < -0.3 is 10.3 Å². The number of benzene rings is 1. The van der Waals surface area contributed by atoms with Crippen LogP contribution in [0.15, 0.2) is 66.3 Å². The van der Waals surface area contributed by atoms with Gasteiger partial charge in [0.05, 0.1) is 12.4 Å². The van der Waals surface area contributed by atoms with Crippen LogP contribution in [0, 0.1) is 0 Å². The average Bonchev–Trinajstić information content (AvgIpc) is 3.15. The predicted molar refractivity (Wildman–Crippen MR) is 113 cm³/mol. The van der Waals surface area contributed by atoms with Crippen LogP contribution in [0.2, 0.25) is 0 Å². The summed E-state index contributed by atoms with van der Waals surface area (Å²) < 4.78 is 2.09. The summed E-state index contributed by atoms with van der Waals surface area (Å²) in [6.07, 6.45) is 7.30. The monoisotopic (exact) mass is 390 g/mol. The molecule has 0 fully saturated rings. The van der Waals surface area contributed by atoms with Crippen molar-refractivity contribution in [1.82, 2.24) is 24.5 Å². The van der Waals surface area contributed by atoms with Gasteiger partial charge in [-0.2, -0.15) is 0 Å². The van der Waals surface area contributed by atoms with E-state index in [9.17, 15) is 0 Å². The molecule has 28 heavy (non-hydrogen) atoms. The van der Waals surface area contributed by atoms with Crippen molar-refractivity contribution in [2.75, 3.05) is 11.5 Å². The number of rotatable bonds is 7. The Bertz CT molecular complexity index is 1050. The fraction of sp³-hybridized carbons (Fsp3) is 0.238. The largest absolute Gasteiger partial charge is 0.382 e. The second kappa shape index (κ2) is 8.39. The zero-order chi connectivity index (χ0) is 19.3. The van der Waals surface area contributed by atoms with Crippen LogP contribution in [0.1, 0.15) is 30.5 Å². The van der Waals surface area contributed by atoms with Gasteiger partial charge in [0.2, 0.25) is 0 Å². The van der Waals surface area contributed by atoms with Crippen molar-refractivity contribution in [3.8, 4) is 0 Å². The Morgan fingerprint density at radius 1 is 1.07 bits per heavy atom. The van der Waals surface area contributed by atoms with E-state index in [2.05, 4.69) is 50.7 Å². The summed E-state index contributed by atoms with van der Waals surface area (Å²) in [4.78, 5) is 17.8. The molecule has 0 saturated carbocycles. The summed E-state index contributed by atoms with van der Waals surface area (Å²) in [6, 6.07) is 14.6. The predicted octanol–water partition coefficient (Wildman–Crippen LogP) is 4.14. The lowest BCUT2D eigenvalue weighted by atomic mass is 10.1. The SMILES string of the molecule is CCC(c1ccncc1)n1cnc2c(N)nc(SCCc3ccccc3)nc21. The van der Waals surface area contributed by atoms with E-state index in [0.717, 1.165) is 24.2 Å². The maximum absolute atomic E-state index is 6.18. The minimum Gasteiger partial charge on any atom is -0.382 e. The van der Waals surface area contributed by atoms with Crippen molar-refractivity contribution < 1.29 is 0 Å². The van der Waals surface area contributed by atoms with Crippen molar-refractivity contribution in [2.45, 2.75) is 31.0 Å². The van der Waals surface area contributed by atoms with Crippen molar-refractivity contribution in [3.63, 3.8) is 0 Å². The van der Waals surface area contributed by atoms with Crippen molar-refractivity contribution in [2.24, 2.45) is 0 Å². The Hall–Kier alpha value is -2.93. The quantitative estimate of drug-likeness (QED) is 0.377. The Labute approximate surface area is 168 Å². The topological polar surface area (TPSA) is 82.5 Å². The fourth-order valence-electron chi connectivity index (χ4n) is 3.29. The molecule has 0 radical (unpaired) electrons. The van der Waals surface area contributed by atoms with E-state index in [0.29, 0.717) is 16.5 Å². The number of nitrogen functional groups attached to an aromatic ring is 1. The van der Waals surface area contributed by atoms with Crippen LogP contribution in [-0.4, -0.2) is 30.3 Å². The van der Waals surface area contributed by atoms with Gasteiger partial charge >= 0.3 is 0 Å². The van der Waals surface area contributed by atoms with Gasteiger partial charge in [0.15, 0.2) is 16.6 Å². The molecule has 4 aromatic rings. The summed E-state index contributed by atoms with van der Waals surface area (Å²) in [7, 11) is 0. The summed E-state index contributed by atoms with van der Waals surface area (Å²) in [5.41, 5.74) is 10.1. The molecule has 4 rings (SSSR count). The fourth-order valence-corrected chi connectivity index (χ4v) is 4.13. The van der Waals surface area contributed by atoms with E-state index >= 15 is 0 Å². The zero-order valence-electron chi connectivity index (χ0n) is 15.7. The van der Waals surface area contributed by atoms with Crippen molar-refractivity contribution >= 4 is 28.7 Å². The van der Waals surface area contributed by atoms with Gasteiger partial charge in [-0.15, -0.1) is 0 Å². The number of aromatic nitrogens is 5. The van der Waals surface area contributed by atoms with Crippen LogP contribution < -0.4 is 5.73 Å². The normalized spacial score (nSPS) is 12.3. The highest BCUT2D eigenvalue weighted by Gasteiger charge is 2.18. The number of thioether (sulfide) groups is 1. The summed E-state index contributed by atoms with van der Waals surface area (Å²) in [5, 5.41) is 0.687. The molecule has 6 nitrogen and oxygen atoms in total. The minimum absolute atomic E-state index is 0.129. The first-order valence-corrected chi connectivity index (χ1v) is 10.3. The molecular weight excluding hydrogens is 368 g/mol. The molecule has 0 saturated heterocycles. The Morgan fingerprint density at radius 2 is 1.86 bits per heavy atom. The van der Waals surface area contributed by atoms with Crippen LogP contribution in [0.25, 0.3) is 11.2 Å². The highest BCUT2D eigenvalue weighted by atomic mass is 32.2.